The molecule has 0 fully saturated rings. The molecule has 1 aliphatic rings. The van der Waals surface area contributed by atoms with Gasteiger partial charge in [0, 0.05) is 6.20 Å². The van der Waals surface area contributed by atoms with Gasteiger partial charge >= 0.3 is 0 Å². The lowest BCUT2D eigenvalue weighted by Gasteiger charge is -1.93. The third-order valence-corrected chi connectivity index (χ3v) is 1.44. The van der Waals surface area contributed by atoms with Gasteiger partial charge in [-0.25, -0.2) is 4.98 Å². The molecule has 2 heterocycles. The molecule has 1 aromatic rings. The molecule has 0 saturated carbocycles. The lowest BCUT2D eigenvalue weighted by Crippen LogP contribution is -2.19. The number of nitrogens with zero attached hydrogens (tertiary/aromatic N) is 1. The fourth-order valence-electron chi connectivity index (χ4n) is 0.792. The summed E-state index contributed by atoms with van der Waals surface area (Å²) in [4.78, 5) is 3.99. The van der Waals surface area contributed by atoms with Gasteiger partial charge in [0.1, 0.15) is 0 Å². The van der Waals surface area contributed by atoms with Crippen LogP contribution in [-0.4, -0.2) is 4.98 Å². The van der Waals surface area contributed by atoms with Gasteiger partial charge in [-0.15, -0.1) is 5.53 Å². The molecule has 0 unspecified atom stereocenters. The number of rotatable bonds is 0. The molecule has 1 aliphatic heterocycles. The van der Waals surface area contributed by atoms with Crippen LogP contribution in [0.15, 0.2) is 12.3 Å². The Hall–Kier alpha value is -1.00. The Morgan fingerprint density at radius 3 is 3.20 bits per heavy atom. The van der Waals surface area contributed by atoms with Gasteiger partial charge in [-0.3, -0.25) is 5.43 Å². The van der Waals surface area contributed by atoms with E-state index < -0.39 is 0 Å². The number of fused-ring (bicyclic) bond motifs is 1. The second-order valence-electron chi connectivity index (χ2n) is 1.92. The van der Waals surface area contributed by atoms with Crippen LogP contribution in [0.4, 0.5) is 11.5 Å². The highest BCUT2D eigenvalue weighted by Crippen LogP contribution is 2.23. The van der Waals surface area contributed by atoms with Crippen LogP contribution >= 0.6 is 11.6 Å². The van der Waals surface area contributed by atoms with E-state index in [9.17, 15) is 0 Å². The fraction of sp³-hybridized carbons (Fsp3) is 0. The van der Waals surface area contributed by atoms with E-state index in [1.165, 1.54) is 0 Å². The maximum absolute atomic E-state index is 5.67. The summed E-state index contributed by atoms with van der Waals surface area (Å²) in [6.07, 6.45) is 1.59. The number of hydrazine groups is 2. The van der Waals surface area contributed by atoms with E-state index >= 15 is 0 Å². The molecule has 10 heavy (non-hydrogen) atoms. The van der Waals surface area contributed by atoms with Crippen molar-refractivity contribution in [2.45, 2.75) is 0 Å². The fourth-order valence-corrected chi connectivity index (χ4v) is 0.950. The molecular weight excluding hydrogens is 152 g/mol. The lowest BCUT2D eigenvalue weighted by atomic mass is 10.4. The van der Waals surface area contributed by atoms with Crippen molar-refractivity contribution in [3.05, 3.63) is 17.3 Å². The zero-order chi connectivity index (χ0) is 6.97. The minimum Gasteiger partial charge on any atom is -0.300 e. The topological polar surface area (TPSA) is 49.0 Å². The van der Waals surface area contributed by atoms with Crippen LogP contribution in [-0.2, 0) is 0 Å². The molecular formula is C5H5ClN4. The van der Waals surface area contributed by atoms with Crippen molar-refractivity contribution < 1.29 is 0 Å². The second kappa shape index (κ2) is 2.00. The Labute approximate surface area is 62.5 Å². The summed E-state index contributed by atoms with van der Waals surface area (Å²) in [5.74, 6) is 0.768. The van der Waals surface area contributed by atoms with Gasteiger partial charge in [-0.1, -0.05) is 11.6 Å². The zero-order valence-corrected chi connectivity index (χ0v) is 5.74. The van der Waals surface area contributed by atoms with Gasteiger partial charge in [-0.2, -0.15) is 0 Å². The van der Waals surface area contributed by atoms with Gasteiger partial charge in [0.25, 0.3) is 0 Å². The third-order valence-electron chi connectivity index (χ3n) is 1.23. The van der Waals surface area contributed by atoms with Crippen molar-refractivity contribution in [3.63, 3.8) is 0 Å². The highest BCUT2D eigenvalue weighted by Gasteiger charge is 2.08. The molecule has 1 aromatic heterocycles. The molecule has 0 aromatic carbocycles. The Balaban J connectivity index is 2.52. The van der Waals surface area contributed by atoms with Gasteiger partial charge in [0.2, 0.25) is 0 Å². The average Bonchev–Trinajstić information content (AvgIpc) is 2.33. The van der Waals surface area contributed by atoms with Crippen molar-refractivity contribution >= 4 is 23.1 Å². The number of pyridine rings is 1. The van der Waals surface area contributed by atoms with Crippen molar-refractivity contribution in [2.24, 2.45) is 0 Å². The number of hydrogen-bond acceptors (Lipinski definition) is 4. The molecule has 0 bridgehead atoms. The summed E-state index contributed by atoms with van der Waals surface area (Å²) in [6.45, 7) is 0. The summed E-state index contributed by atoms with van der Waals surface area (Å²) >= 11 is 5.67. The molecule has 0 spiro atoms. The Kier molecular flexibility index (Phi) is 1.15. The first-order chi connectivity index (χ1) is 4.86. The molecule has 0 aliphatic carbocycles. The predicted molar refractivity (Wildman–Crippen MR) is 39.6 cm³/mol. The summed E-state index contributed by atoms with van der Waals surface area (Å²) in [6, 6.07) is 1.79. The number of hydrogen-bond donors (Lipinski definition) is 3. The Morgan fingerprint density at radius 1 is 1.40 bits per heavy atom. The van der Waals surface area contributed by atoms with Gasteiger partial charge < -0.3 is 5.43 Å². The van der Waals surface area contributed by atoms with E-state index in [-0.39, 0.29) is 0 Å². The quantitative estimate of drug-likeness (QED) is 0.525. The predicted octanol–water partition coefficient (Wildman–Crippen LogP) is 0.992. The minimum absolute atomic E-state index is 0.622. The normalized spacial score (nSPS) is 13.7. The standard InChI is InChI=1S/C5H5ClN4/c6-3-1-4-5(7-2-3)9-10-8-4/h1-2,8,10H,(H,7,9). The summed E-state index contributed by atoms with van der Waals surface area (Å²) in [5, 5.41) is 0.622. The molecule has 5 heteroatoms. The van der Waals surface area contributed by atoms with E-state index in [1.54, 1.807) is 12.3 Å². The van der Waals surface area contributed by atoms with Crippen molar-refractivity contribution in [3.8, 4) is 0 Å². The maximum atomic E-state index is 5.67. The van der Waals surface area contributed by atoms with Crippen molar-refractivity contribution in [1.82, 2.24) is 10.5 Å². The van der Waals surface area contributed by atoms with E-state index in [0.29, 0.717) is 5.02 Å². The highest BCUT2D eigenvalue weighted by molar-refractivity contribution is 6.30. The maximum Gasteiger partial charge on any atom is 0.166 e. The average molecular weight is 157 g/mol. The summed E-state index contributed by atoms with van der Waals surface area (Å²) < 4.78 is 0. The highest BCUT2D eigenvalue weighted by atomic mass is 35.5. The molecule has 2 rings (SSSR count). The molecule has 0 saturated heterocycles. The van der Waals surface area contributed by atoms with Crippen LogP contribution in [0.2, 0.25) is 5.02 Å². The Morgan fingerprint density at radius 2 is 2.30 bits per heavy atom. The van der Waals surface area contributed by atoms with Crippen LogP contribution in [0.25, 0.3) is 0 Å². The summed E-state index contributed by atoms with van der Waals surface area (Å²) in [7, 11) is 0. The SMILES string of the molecule is Clc1cnc2c(c1)NNN2. The lowest BCUT2D eigenvalue weighted by molar-refractivity contribution is 0.999. The molecule has 4 nitrogen and oxygen atoms in total. The smallest absolute Gasteiger partial charge is 0.166 e. The zero-order valence-electron chi connectivity index (χ0n) is 4.98. The number of aromatic nitrogens is 1. The van der Waals surface area contributed by atoms with E-state index in [4.69, 9.17) is 11.6 Å². The summed E-state index contributed by atoms with van der Waals surface area (Å²) in [5.41, 5.74) is 9.19. The van der Waals surface area contributed by atoms with E-state index in [0.717, 1.165) is 11.5 Å². The second-order valence-corrected chi connectivity index (χ2v) is 2.36. The Bertz CT molecular complexity index is 262. The van der Waals surface area contributed by atoms with Gasteiger partial charge in [0.05, 0.1) is 10.7 Å². The molecule has 0 atom stereocenters. The van der Waals surface area contributed by atoms with Crippen LogP contribution < -0.4 is 16.4 Å². The first-order valence-corrected chi connectivity index (χ1v) is 3.16. The molecule has 0 radical (unpaired) electrons. The van der Waals surface area contributed by atoms with Crippen LogP contribution in [0.3, 0.4) is 0 Å². The largest absolute Gasteiger partial charge is 0.300 e. The minimum atomic E-state index is 0.622. The molecule has 52 valence electrons. The van der Waals surface area contributed by atoms with Crippen LogP contribution in [0.5, 0.6) is 0 Å². The molecule has 0 amide bonds. The van der Waals surface area contributed by atoms with Gasteiger partial charge in [-0.05, 0) is 6.07 Å². The third kappa shape index (κ3) is 0.778. The van der Waals surface area contributed by atoms with Crippen molar-refractivity contribution in [1.29, 1.82) is 0 Å². The number of anilines is 2. The van der Waals surface area contributed by atoms with Crippen LogP contribution in [0.1, 0.15) is 0 Å². The van der Waals surface area contributed by atoms with E-state index in [2.05, 4.69) is 21.4 Å². The number of nitrogens with one attached hydrogen (secondary N) is 3. The first kappa shape index (κ1) is 5.76. The van der Waals surface area contributed by atoms with E-state index in [1.807, 2.05) is 0 Å². The first-order valence-electron chi connectivity index (χ1n) is 2.79. The molecule has 3 N–H and O–H groups in total. The monoisotopic (exact) mass is 156 g/mol. The van der Waals surface area contributed by atoms with Crippen LogP contribution in [0, 0.1) is 0 Å². The number of halogens is 1. The van der Waals surface area contributed by atoms with Crippen molar-refractivity contribution in [2.75, 3.05) is 10.9 Å². The van der Waals surface area contributed by atoms with Gasteiger partial charge in [0.15, 0.2) is 5.82 Å².